The van der Waals surface area contributed by atoms with Gasteiger partial charge in [-0.3, -0.25) is 10.1 Å². The number of aromatic nitrogens is 2. The third kappa shape index (κ3) is 5.47. The Morgan fingerprint density at radius 1 is 1.10 bits per heavy atom. The molecule has 2 aromatic carbocycles. The zero-order chi connectivity index (χ0) is 22.6. The molecular weight excluding hydrogens is 411 g/mol. The van der Waals surface area contributed by atoms with Gasteiger partial charge < -0.3 is 10.6 Å². The van der Waals surface area contributed by atoms with Crippen LogP contribution in [-0.2, 0) is 6.18 Å². The van der Waals surface area contributed by atoms with Crippen LogP contribution in [0.4, 0.5) is 42.0 Å². The van der Waals surface area contributed by atoms with Crippen LogP contribution in [0.1, 0.15) is 37.3 Å². The number of alkyl halides is 3. The second-order valence-corrected chi connectivity index (χ2v) is 6.94. The summed E-state index contributed by atoms with van der Waals surface area (Å²) in [6.45, 7) is 4.07. The van der Waals surface area contributed by atoms with Gasteiger partial charge in [-0.1, -0.05) is 26.0 Å². The van der Waals surface area contributed by atoms with E-state index < -0.39 is 22.5 Å². The number of anilines is 4. The molecule has 0 aliphatic carbocycles. The van der Waals surface area contributed by atoms with E-state index >= 15 is 0 Å². The minimum Gasteiger partial charge on any atom is -0.340 e. The topological polar surface area (TPSA) is 93.0 Å². The molecule has 0 bridgehead atoms. The maximum absolute atomic E-state index is 13.5. The Kier molecular flexibility index (Phi) is 6.38. The zero-order valence-electron chi connectivity index (χ0n) is 16.8. The summed E-state index contributed by atoms with van der Waals surface area (Å²) in [5.41, 5.74) is 0.760. The molecular formula is C21H20F3N5O2. The van der Waals surface area contributed by atoms with Crippen LogP contribution in [-0.4, -0.2) is 14.9 Å². The minimum absolute atomic E-state index is 0.0811. The Bertz CT molecular complexity index is 1070. The lowest BCUT2D eigenvalue weighted by atomic mass is 9.98. The molecule has 3 aromatic rings. The molecule has 1 atom stereocenters. The fourth-order valence-corrected chi connectivity index (χ4v) is 2.84. The first-order chi connectivity index (χ1) is 14.7. The van der Waals surface area contributed by atoms with E-state index in [-0.39, 0.29) is 17.6 Å². The van der Waals surface area contributed by atoms with Crippen molar-refractivity contribution in [2.75, 3.05) is 10.6 Å². The number of nitrogens with zero attached hydrogens (tertiary/aromatic N) is 3. The van der Waals surface area contributed by atoms with E-state index in [9.17, 15) is 23.3 Å². The number of nitro benzene ring substituents is 1. The van der Waals surface area contributed by atoms with Gasteiger partial charge in [0.25, 0.3) is 5.69 Å². The van der Waals surface area contributed by atoms with Crippen molar-refractivity contribution in [3.8, 4) is 0 Å². The van der Waals surface area contributed by atoms with Gasteiger partial charge in [-0.25, -0.2) is 4.98 Å². The Hall–Kier alpha value is -3.69. The van der Waals surface area contributed by atoms with Crippen LogP contribution in [0.2, 0.25) is 0 Å². The van der Waals surface area contributed by atoms with Gasteiger partial charge >= 0.3 is 6.18 Å². The highest BCUT2D eigenvalue weighted by Gasteiger charge is 2.35. The van der Waals surface area contributed by atoms with Crippen LogP contribution in [0, 0.1) is 10.1 Å². The van der Waals surface area contributed by atoms with Crippen LogP contribution in [0.5, 0.6) is 0 Å². The van der Waals surface area contributed by atoms with Crippen molar-refractivity contribution in [2.24, 2.45) is 0 Å². The summed E-state index contributed by atoms with van der Waals surface area (Å²) in [5.74, 6) is -0.218. The third-order valence-corrected chi connectivity index (χ3v) is 4.76. The predicted molar refractivity (Wildman–Crippen MR) is 112 cm³/mol. The zero-order valence-corrected chi connectivity index (χ0v) is 16.8. The second-order valence-electron chi connectivity index (χ2n) is 6.94. The van der Waals surface area contributed by atoms with Crippen LogP contribution >= 0.6 is 0 Å². The summed E-state index contributed by atoms with van der Waals surface area (Å²) >= 11 is 0. The van der Waals surface area contributed by atoms with Gasteiger partial charge in [0.15, 0.2) is 0 Å². The molecule has 0 aliphatic rings. The van der Waals surface area contributed by atoms with Crippen LogP contribution in [0.15, 0.2) is 54.7 Å². The van der Waals surface area contributed by atoms with Gasteiger partial charge in [0.1, 0.15) is 11.4 Å². The maximum Gasteiger partial charge on any atom is 0.421 e. The fraction of sp³-hybridized carbons (Fsp3) is 0.238. The standard InChI is InChI=1S/C21H20F3N5O2/c1-3-13(2)14-5-4-6-16(11-14)26-19-18(21(22,23)24)12-25-20(28-19)27-15-7-9-17(10-8-15)29(30)31/h4-13H,3H2,1-2H3,(H2,25,26,27,28). The Morgan fingerprint density at radius 3 is 2.42 bits per heavy atom. The van der Waals surface area contributed by atoms with Crippen molar-refractivity contribution < 1.29 is 18.1 Å². The van der Waals surface area contributed by atoms with Gasteiger partial charge in [0.2, 0.25) is 5.95 Å². The largest absolute Gasteiger partial charge is 0.421 e. The quantitative estimate of drug-likeness (QED) is 0.332. The van der Waals surface area contributed by atoms with E-state index in [4.69, 9.17) is 0 Å². The summed E-state index contributed by atoms with van der Waals surface area (Å²) in [6, 6.07) is 12.5. The molecule has 3 rings (SSSR count). The lowest BCUT2D eigenvalue weighted by molar-refractivity contribution is -0.384. The van der Waals surface area contributed by atoms with Crippen molar-refractivity contribution in [1.29, 1.82) is 0 Å². The van der Waals surface area contributed by atoms with Crippen molar-refractivity contribution >= 4 is 28.8 Å². The molecule has 2 N–H and O–H groups in total. The summed E-state index contributed by atoms with van der Waals surface area (Å²) in [6.07, 6.45) is -3.06. The Morgan fingerprint density at radius 2 is 1.81 bits per heavy atom. The van der Waals surface area contributed by atoms with Gasteiger partial charge in [0, 0.05) is 29.7 Å². The number of halogens is 3. The molecule has 0 spiro atoms. The van der Waals surface area contributed by atoms with Crippen molar-refractivity contribution in [2.45, 2.75) is 32.4 Å². The molecule has 1 aromatic heterocycles. The molecule has 1 unspecified atom stereocenters. The summed E-state index contributed by atoms with van der Waals surface area (Å²) in [7, 11) is 0. The Labute approximate surface area is 176 Å². The average Bonchev–Trinajstić information content (AvgIpc) is 2.73. The van der Waals surface area contributed by atoms with Crippen molar-refractivity contribution in [1.82, 2.24) is 9.97 Å². The molecule has 7 nitrogen and oxygen atoms in total. The summed E-state index contributed by atoms with van der Waals surface area (Å²) < 4.78 is 40.5. The number of benzene rings is 2. The molecule has 31 heavy (non-hydrogen) atoms. The number of hydrogen-bond donors (Lipinski definition) is 2. The van der Waals surface area contributed by atoms with E-state index in [0.29, 0.717) is 17.6 Å². The third-order valence-electron chi connectivity index (χ3n) is 4.76. The van der Waals surface area contributed by atoms with E-state index in [1.165, 1.54) is 24.3 Å². The van der Waals surface area contributed by atoms with Crippen molar-refractivity contribution in [3.63, 3.8) is 0 Å². The van der Waals surface area contributed by atoms with Gasteiger partial charge in [0.05, 0.1) is 4.92 Å². The summed E-state index contributed by atoms with van der Waals surface area (Å²) in [5, 5.41) is 16.3. The molecule has 1 heterocycles. The first-order valence-corrected chi connectivity index (χ1v) is 9.50. The van der Waals surface area contributed by atoms with Crippen LogP contribution in [0.25, 0.3) is 0 Å². The predicted octanol–water partition coefficient (Wildman–Crippen LogP) is 6.40. The van der Waals surface area contributed by atoms with E-state index in [1.807, 2.05) is 19.9 Å². The number of hydrogen-bond acceptors (Lipinski definition) is 6. The molecule has 0 amide bonds. The highest BCUT2D eigenvalue weighted by atomic mass is 19.4. The molecule has 0 saturated carbocycles. The van der Waals surface area contributed by atoms with E-state index in [2.05, 4.69) is 20.6 Å². The monoisotopic (exact) mass is 431 g/mol. The number of nitrogens with one attached hydrogen (secondary N) is 2. The van der Waals surface area contributed by atoms with Gasteiger partial charge in [-0.2, -0.15) is 18.2 Å². The second kappa shape index (κ2) is 8.99. The molecule has 0 saturated heterocycles. The van der Waals surface area contributed by atoms with Crippen molar-refractivity contribution in [3.05, 3.63) is 76.0 Å². The number of non-ortho nitro benzene ring substituents is 1. The fourth-order valence-electron chi connectivity index (χ4n) is 2.84. The average molecular weight is 431 g/mol. The smallest absolute Gasteiger partial charge is 0.340 e. The molecule has 0 aliphatic heterocycles. The normalized spacial score (nSPS) is 12.3. The lowest BCUT2D eigenvalue weighted by Crippen LogP contribution is -2.12. The molecule has 162 valence electrons. The Balaban J connectivity index is 1.91. The van der Waals surface area contributed by atoms with E-state index in [1.54, 1.807) is 18.2 Å². The maximum atomic E-state index is 13.5. The molecule has 10 heteroatoms. The first kappa shape index (κ1) is 22.0. The van der Waals surface area contributed by atoms with E-state index in [0.717, 1.165) is 12.0 Å². The first-order valence-electron chi connectivity index (χ1n) is 9.50. The van der Waals surface area contributed by atoms with Crippen LogP contribution < -0.4 is 10.6 Å². The number of nitro groups is 1. The summed E-state index contributed by atoms with van der Waals surface area (Å²) in [4.78, 5) is 17.9. The minimum atomic E-state index is -4.65. The lowest BCUT2D eigenvalue weighted by Gasteiger charge is -2.16. The highest BCUT2D eigenvalue weighted by molar-refractivity contribution is 5.64. The SMILES string of the molecule is CCC(C)c1cccc(Nc2nc(Nc3ccc([N+](=O)[O-])cc3)ncc2C(F)(F)F)c1. The molecule has 0 fully saturated rings. The van der Waals surface area contributed by atoms with Gasteiger partial charge in [-0.15, -0.1) is 0 Å². The van der Waals surface area contributed by atoms with Crippen LogP contribution in [0.3, 0.4) is 0 Å². The molecule has 0 radical (unpaired) electrons. The van der Waals surface area contributed by atoms with Gasteiger partial charge in [-0.05, 0) is 42.2 Å². The number of rotatable bonds is 7. The highest BCUT2D eigenvalue weighted by Crippen LogP contribution is 2.36.